The fraction of sp³-hybridized carbons (Fsp3) is 0.286. The number of furan rings is 1. The minimum Gasteiger partial charge on any atom is -0.504 e. The van der Waals surface area contributed by atoms with Crippen molar-refractivity contribution in [1.29, 1.82) is 0 Å². The van der Waals surface area contributed by atoms with Crippen molar-refractivity contribution in [3.8, 4) is 22.8 Å². The highest BCUT2D eigenvalue weighted by Crippen LogP contribution is 2.43. The van der Waals surface area contributed by atoms with Gasteiger partial charge in [0.15, 0.2) is 17.8 Å². The van der Waals surface area contributed by atoms with E-state index in [0.29, 0.717) is 17.1 Å². The lowest BCUT2D eigenvalue weighted by Gasteiger charge is -2.19. The molecule has 0 spiro atoms. The SMILES string of the molecule is COc1c(O)ccc(C(OC)OC)c1-c1ccco1. The van der Waals surface area contributed by atoms with Crippen molar-refractivity contribution in [3.05, 3.63) is 36.1 Å². The van der Waals surface area contributed by atoms with E-state index in [1.54, 1.807) is 38.7 Å². The summed E-state index contributed by atoms with van der Waals surface area (Å²) in [5.41, 5.74) is 1.33. The molecule has 0 bridgehead atoms. The van der Waals surface area contributed by atoms with Crippen molar-refractivity contribution in [2.45, 2.75) is 6.29 Å². The summed E-state index contributed by atoms with van der Waals surface area (Å²) in [5, 5.41) is 9.89. The quantitative estimate of drug-likeness (QED) is 0.841. The second kappa shape index (κ2) is 5.77. The van der Waals surface area contributed by atoms with E-state index in [4.69, 9.17) is 18.6 Å². The molecule has 1 heterocycles. The standard InChI is InChI=1S/C14H16O5/c1-16-13-10(15)7-6-9(14(17-2)18-3)12(13)11-5-4-8-19-11/h4-8,14-15H,1-3H3. The third-order valence-electron chi connectivity index (χ3n) is 2.82. The van der Waals surface area contributed by atoms with Gasteiger partial charge in [-0.05, 0) is 24.3 Å². The maximum Gasteiger partial charge on any atom is 0.183 e. The molecule has 1 aromatic carbocycles. The first-order chi connectivity index (χ1) is 9.22. The Morgan fingerprint density at radius 1 is 1.11 bits per heavy atom. The molecule has 0 atom stereocenters. The number of phenolic OH excluding ortho intramolecular Hbond substituents is 1. The minimum absolute atomic E-state index is 0.0311. The van der Waals surface area contributed by atoms with Gasteiger partial charge in [0.1, 0.15) is 5.76 Å². The molecule has 1 N–H and O–H groups in total. The number of methoxy groups -OCH3 is 3. The average Bonchev–Trinajstić information content (AvgIpc) is 2.94. The number of hydrogen-bond acceptors (Lipinski definition) is 5. The first-order valence-corrected chi connectivity index (χ1v) is 5.72. The lowest BCUT2D eigenvalue weighted by Crippen LogP contribution is -2.06. The average molecular weight is 264 g/mol. The van der Waals surface area contributed by atoms with E-state index < -0.39 is 6.29 Å². The Morgan fingerprint density at radius 2 is 1.84 bits per heavy atom. The molecule has 5 nitrogen and oxygen atoms in total. The molecule has 5 heteroatoms. The van der Waals surface area contributed by atoms with Gasteiger partial charge in [-0.25, -0.2) is 0 Å². The molecular formula is C14H16O5. The number of rotatable bonds is 5. The van der Waals surface area contributed by atoms with Crippen molar-refractivity contribution in [3.63, 3.8) is 0 Å². The fourth-order valence-electron chi connectivity index (χ4n) is 2.02. The molecule has 0 unspecified atom stereocenters. The highest BCUT2D eigenvalue weighted by molar-refractivity contribution is 5.74. The predicted molar refractivity (Wildman–Crippen MR) is 69.1 cm³/mol. The van der Waals surface area contributed by atoms with Crippen LogP contribution in [-0.2, 0) is 9.47 Å². The Bertz CT molecular complexity index is 529. The van der Waals surface area contributed by atoms with Gasteiger partial charge in [0.25, 0.3) is 0 Å². The summed E-state index contributed by atoms with van der Waals surface area (Å²) >= 11 is 0. The topological polar surface area (TPSA) is 61.1 Å². The van der Waals surface area contributed by atoms with Crippen LogP contribution in [0.15, 0.2) is 34.9 Å². The van der Waals surface area contributed by atoms with E-state index >= 15 is 0 Å². The van der Waals surface area contributed by atoms with E-state index in [9.17, 15) is 5.11 Å². The molecule has 2 aromatic rings. The molecule has 0 saturated heterocycles. The predicted octanol–water partition coefficient (Wildman–Crippen LogP) is 2.95. The lowest BCUT2D eigenvalue weighted by atomic mass is 10.0. The maximum atomic E-state index is 9.89. The summed E-state index contributed by atoms with van der Waals surface area (Å²) < 4.78 is 21.2. The van der Waals surface area contributed by atoms with Crippen LogP contribution in [0.3, 0.4) is 0 Å². The smallest absolute Gasteiger partial charge is 0.183 e. The monoisotopic (exact) mass is 264 g/mol. The van der Waals surface area contributed by atoms with Gasteiger partial charge in [-0.3, -0.25) is 0 Å². The van der Waals surface area contributed by atoms with Crippen LogP contribution in [-0.4, -0.2) is 26.4 Å². The Kier molecular flexibility index (Phi) is 4.09. The zero-order valence-electron chi connectivity index (χ0n) is 11.0. The number of ether oxygens (including phenoxy) is 3. The van der Waals surface area contributed by atoms with Crippen LogP contribution in [0.25, 0.3) is 11.3 Å². The number of aromatic hydroxyl groups is 1. The molecule has 0 radical (unpaired) electrons. The molecule has 0 saturated carbocycles. The second-order valence-corrected chi connectivity index (χ2v) is 3.86. The number of phenols is 1. The molecule has 19 heavy (non-hydrogen) atoms. The highest BCUT2D eigenvalue weighted by atomic mass is 16.7. The van der Waals surface area contributed by atoms with Gasteiger partial charge in [-0.15, -0.1) is 0 Å². The summed E-state index contributed by atoms with van der Waals surface area (Å²) in [6.45, 7) is 0. The Morgan fingerprint density at radius 3 is 2.37 bits per heavy atom. The molecule has 0 fully saturated rings. The van der Waals surface area contributed by atoms with E-state index in [1.807, 2.05) is 0 Å². The van der Waals surface area contributed by atoms with Crippen LogP contribution in [0.2, 0.25) is 0 Å². The van der Waals surface area contributed by atoms with E-state index in [2.05, 4.69) is 0 Å². The first-order valence-electron chi connectivity index (χ1n) is 5.72. The third kappa shape index (κ3) is 2.43. The highest BCUT2D eigenvalue weighted by Gasteiger charge is 2.23. The van der Waals surface area contributed by atoms with Crippen LogP contribution in [0, 0.1) is 0 Å². The molecule has 0 aliphatic rings. The Balaban J connectivity index is 2.67. The zero-order valence-corrected chi connectivity index (χ0v) is 11.0. The Hall–Kier alpha value is -1.98. The fourth-order valence-corrected chi connectivity index (χ4v) is 2.02. The molecule has 2 rings (SSSR count). The maximum absolute atomic E-state index is 9.89. The van der Waals surface area contributed by atoms with E-state index in [1.165, 1.54) is 13.2 Å². The van der Waals surface area contributed by atoms with Gasteiger partial charge in [-0.2, -0.15) is 0 Å². The van der Waals surface area contributed by atoms with Gasteiger partial charge in [0.2, 0.25) is 0 Å². The van der Waals surface area contributed by atoms with E-state index in [-0.39, 0.29) is 5.75 Å². The van der Waals surface area contributed by atoms with Crippen molar-refractivity contribution in [1.82, 2.24) is 0 Å². The van der Waals surface area contributed by atoms with Gasteiger partial charge >= 0.3 is 0 Å². The molecule has 0 aliphatic heterocycles. The first kappa shape index (κ1) is 13.5. The third-order valence-corrected chi connectivity index (χ3v) is 2.82. The van der Waals surface area contributed by atoms with Gasteiger partial charge in [-0.1, -0.05) is 0 Å². The summed E-state index contributed by atoms with van der Waals surface area (Å²) in [6.07, 6.45) is 0.978. The molecular weight excluding hydrogens is 248 g/mol. The van der Waals surface area contributed by atoms with Crippen LogP contribution in [0.1, 0.15) is 11.9 Å². The van der Waals surface area contributed by atoms with Crippen LogP contribution >= 0.6 is 0 Å². The van der Waals surface area contributed by atoms with E-state index in [0.717, 1.165) is 5.56 Å². The number of benzene rings is 1. The second-order valence-electron chi connectivity index (χ2n) is 3.86. The van der Waals surface area contributed by atoms with Crippen molar-refractivity contribution >= 4 is 0 Å². The summed E-state index contributed by atoms with van der Waals surface area (Å²) in [7, 11) is 4.57. The zero-order chi connectivity index (χ0) is 13.8. The summed E-state index contributed by atoms with van der Waals surface area (Å²) in [5.74, 6) is 0.928. The summed E-state index contributed by atoms with van der Waals surface area (Å²) in [6, 6.07) is 6.79. The van der Waals surface area contributed by atoms with Crippen LogP contribution in [0.4, 0.5) is 0 Å². The van der Waals surface area contributed by atoms with Crippen molar-refractivity contribution < 1.29 is 23.7 Å². The summed E-state index contributed by atoms with van der Waals surface area (Å²) in [4.78, 5) is 0. The van der Waals surface area contributed by atoms with Gasteiger partial charge in [0, 0.05) is 19.8 Å². The van der Waals surface area contributed by atoms with Crippen molar-refractivity contribution in [2.24, 2.45) is 0 Å². The molecule has 1 aromatic heterocycles. The van der Waals surface area contributed by atoms with Crippen molar-refractivity contribution in [2.75, 3.05) is 21.3 Å². The molecule has 0 amide bonds. The Labute approximate surface area is 111 Å². The van der Waals surface area contributed by atoms with Gasteiger partial charge in [0.05, 0.1) is 18.9 Å². The largest absolute Gasteiger partial charge is 0.504 e. The number of hydrogen-bond donors (Lipinski definition) is 1. The molecule has 102 valence electrons. The lowest BCUT2D eigenvalue weighted by molar-refractivity contribution is -0.105. The normalized spacial score (nSPS) is 10.9. The molecule has 0 aliphatic carbocycles. The van der Waals surface area contributed by atoms with Crippen LogP contribution in [0.5, 0.6) is 11.5 Å². The van der Waals surface area contributed by atoms with Gasteiger partial charge < -0.3 is 23.7 Å². The van der Waals surface area contributed by atoms with Crippen LogP contribution < -0.4 is 4.74 Å². The minimum atomic E-state index is -0.574.